The molecule has 0 saturated carbocycles. The van der Waals surface area contributed by atoms with E-state index in [1.54, 1.807) is 12.1 Å². The first-order valence-corrected chi connectivity index (χ1v) is 8.92. The van der Waals surface area contributed by atoms with E-state index in [4.69, 9.17) is 10.7 Å². The minimum absolute atomic E-state index is 0.362. The van der Waals surface area contributed by atoms with E-state index in [1.165, 1.54) is 5.56 Å². The maximum Gasteiger partial charge on any atom is 0.110 e. The molecule has 5 nitrogen and oxygen atoms in total. The Kier molecular flexibility index (Phi) is 4.20. The number of hydrogen-bond acceptors (Lipinski definition) is 5. The average Bonchev–Trinajstić information content (AvgIpc) is 2.68. The van der Waals surface area contributed by atoms with Crippen molar-refractivity contribution in [2.75, 3.05) is 11.1 Å². The Morgan fingerprint density at radius 3 is 2.48 bits per heavy atom. The van der Waals surface area contributed by atoms with E-state index in [0.717, 1.165) is 45.2 Å². The first-order valence-electron chi connectivity index (χ1n) is 8.92. The lowest BCUT2D eigenvalue weighted by Gasteiger charge is -2.16. The van der Waals surface area contributed by atoms with E-state index in [1.807, 2.05) is 31.2 Å². The summed E-state index contributed by atoms with van der Waals surface area (Å²) in [5.41, 5.74) is 13.0. The van der Waals surface area contributed by atoms with Crippen molar-refractivity contribution in [3.05, 3.63) is 70.6 Å². The summed E-state index contributed by atoms with van der Waals surface area (Å²) in [5, 5.41) is 8.47. The quantitative estimate of drug-likeness (QED) is 0.268. The highest BCUT2D eigenvalue weighted by molar-refractivity contribution is 6.09. The van der Waals surface area contributed by atoms with Gasteiger partial charge in [-0.15, -0.1) is 4.91 Å². The predicted molar refractivity (Wildman–Crippen MR) is 113 cm³/mol. The lowest BCUT2D eigenvalue weighted by Crippen LogP contribution is -2.00. The average molecular weight is 356 g/mol. The zero-order valence-electron chi connectivity index (χ0n) is 15.3. The predicted octanol–water partition coefficient (Wildman–Crippen LogP) is 5.98. The maximum atomic E-state index is 10.9. The molecule has 0 atom stereocenters. The van der Waals surface area contributed by atoms with E-state index >= 15 is 0 Å². The Morgan fingerprint density at radius 2 is 1.74 bits per heavy atom. The first kappa shape index (κ1) is 17.0. The number of hydrogen-bond donors (Lipinski definition) is 2. The number of aryl methyl sites for hydroxylation is 2. The van der Waals surface area contributed by atoms with E-state index in [2.05, 4.69) is 35.6 Å². The molecule has 5 heteroatoms. The molecule has 0 bridgehead atoms. The lowest BCUT2D eigenvalue weighted by atomic mass is 10.0. The van der Waals surface area contributed by atoms with Crippen LogP contribution in [0.2, 0.25) is 0 Å². The summed E-state index contributed by atoms with van der Waals surface area (Å²) in [6.07, 6.45) is 0.931. The van der Waals surface area contributed by atoms with Gasteiger partial charge in [-0.3, -0.25) is 0 Å². The van der Waals surface area contributed by atoms with Crippen molar-refractivity contribution in [3.8, 4) is 0 Å². The van der Waals surface area contributed by atoms with Crippen LogP contribution in [0, 0.1) is 11.8 Å². The second-order valence-corrected chi connectivity index (χ2v) is 6.70. The molecule has 4 aromatic rings. The summed E-state index contributed by atoms with van der Waals surface area (Å²) in [7, 11) is 0. The summed E-state index contributed by atoms with van der Waals surface area (Å²) < 4.78 is 0. The number of nitrogens with one attached hydrogen (secondary N) is 1. The highest BCUT2D eigenvalue weighted by Crippen LogP contribution is 2.36. The zero-order valence-corrected chi connectivity index (χ0v) is 15.3. The van der Waals surface area contributed by atoms with Crippen LogP contribution in [0.5, 0.6) is 0 Å². The van der Waals surface area contributed by atoms with Crippen molar-refractivity contribution in [2.45, 2.75) is 20.3 Å². The van der Waals surface area contributed by atoms with Gasteiger partial charge in [-0.2, -0.15) is 0 Å². The van der Waals surface area contributed by atoms with Gasteiger partial charge in [0.25, 0.3) is 0 Å². The smallest absolute Gasteiger partial charge is 0.110 e. The van der Waals surface area contributed by atoms with Gasteiger partial charge in [0.15, 0.2) is 0 Å². The number of nitrogen functional groups attached to an aromatic ring is 1. The van der Waals surface area contributed by atoms with Crippen molar-refractivity contribution in [1.82, 2.24) is 4.98 Å². The van der Waals surface area contributed by atoms with Gasteiger partial charge in [0.05, 0.1) is 28.1 Å². The van der Waals surface area contributed by atoms with Crippen LogP contribution < -0.4 is 11.1 Å². The number of rotatable bonds is 4. The van der Waals surface area contributed by atoms with Gasteiger partial charge in [0.1, 0.15) is 5.69 Å². The molecular weight excluding hydrogens is 336 g/mol. The summed E-state index contributed by atoms with van der Waals surface area (Å²) in [4.78, 5) is 15.7. The van der Waals surface area contributed by atoms with Crippen LogP contribution in [0.3, 0.4) is 0 Å². The van der Waals surface area contributed by atoms with Crippen molar-refractivity contribution >= 4 is 44.6 Å². The maximum absolute atomic E-state index is 10.9. The molecule has 0 aliphatic carbocycles. The van der Waals surface area contributed by atoms with Crippen LogP contribution in [0.4, 0.5) is 22.7 Å². The van der Waals surface area contributed by atoms with Crippen LogP contribution in [0.1, 0.15) is 18.1 Å². The van der Waals surface area contributed by atoms with E-state index in [9.17, 15) is 4.91 Å². The van der Waals surface area contributed by atoms with Gasteiger partial charge in [0.2, 0.25) is 0 Å². The number of aromatic nitrogens is 1. The van der Waals surface area contributed by atoms with Crippen LogP contribution in [0.15, 0.2) is 59.8 Å². The van der Waals surface area contributed by atoms with Gasteiger partial charge in [0, 0.05) is 10.8 Å². The summed E-state index contributed by atoms with van der Waals surface area (Å²) in [6, 6.07) is 17.5. The molecule has 0 fully saturated rings. The Bertz CT molecular complexity index is 1180. The molecule has 0 saturated heterocycles. The van der Waals surface area contributed by atoms with Crippen molar-refractivity contribution in [3.63, 3.8) is 0 Å². The van der Waals surface area contributed by atoms with Crippen molar-refractivity contribution in [1.29, 1.82) is 0 Å². The normalized spacial score (nSPS) is 11.0. The van der Waals surface area contributed by atoms with Gasteiger partial charge >= 0.3 is 0 Å². The van der Waals surface area contributed by atoms with Gasteiger partial charge in [-0.25, -0.2) is 4.98 Å². The van der Waals surface area contributed by atoms with Crippen molar-refractivity contribution < 1.29 is 0 Å². The summed E-state index contributed by atoms with van der Waals surface area (Å²) >= 11 is 0. The number of anilines is 3. The van der Waals surface area contributed by atoms with Crippen LogP contribution in [-0.4, -0.2) is 4.98 Å². The third-order valence-electron chi connectivity index (χ3n) is 4.81. The molecule has 3 aromatic carbocycles. The number of fused-ring (bicyclic) bond motifs is 2. The number of nitrogens with zero attached hydrogens (tertiary/aromatic N) is 2. The number of pyridine rings is 1. The SMILES string of the molecule is CCc1ccc(N)c(Nc2c3ccc(C)cc3nc3cc(N=O)ccc23)c1. The molecule has 0 aliphatic heterocycles. The first-order chi connectivity index (χ1) is 13.1. The summed E-state index contributed by atoms with van der Waals surface area (Å²) in [5.74, 6) is 0. The second kappa shape index (κ2) is 6.68. The third-order valence-corrected chi connectivity index (χ3v) is 4.81. The fourth-order valence-corrected chi connectivity index (χ4v) is 3.30. The van der Waals surface area contributed by atoms with E-state index < -0.39 is 0 Å². The zero-order chi connectivity index (χ0) is 19.0. The van der Waals surface area contributed by atoms with Crippen LogP contribution in [0.25, 0.3) is 21.8 Å². The minimum Gasteiger partial charge on any atom is -0.397 e. The Balaban J connectivity index is 2.00. The van der Waals surface area contributed by atoms with E-state index in [0.29, 0.717) is 11.4 Å². The highest BCUT2D eigenvalue weighted by Gasteiger charge is 2.12. The minimum atomic E-state index is 0.362. The molecule has 3 N–H and O–H groups in total. The molecule has 1 heterocycles. The van der Waals surface area contributed by atoms with Gasteiger partial charge in [-0.05, 0) is 66.0 Å². The summed E-state index contributed by atoms with van der Waals surface area (Å²) in [6.45, 7) is 4.15. The largest absolute Gasteiger partial charge is 0.397 e. The number of nitroso groups, excluding NO2 is 1. The van der Waals surface area contributed by atoms with Crippen molar-refractivity contribution in [2.24, 2.45) is 5.18 Å². The fraction of sp³-hybridized carbons (Fsp3) is 0.136. The molecule has 0 unspecified atom stereocenters. The molecule has 0 spiro atoms. The van der Waals surface area contributed by atoms with Gasteiger partial charge < -0.3 is 11.1 Å². The highest BCUT2D eigenvalue weighted by atomic mass is 16.3. The Hall–Kier alpha value is -3.47. The molecular formula is C22H20N4O. The van der Waals surface area contributed by atoms with Crippen LogP contribution in [-0.2, 0) is 6.42 Å². The fourth-order valence-electron chi connectivity index (χ4n) is 3.30. The van der Waals surface area contributed by atoms with E-state index in [-0.39, 0.29) is 0 Å². The standard InChI is InChI=1S/C22H20N4O/c1-3-14-5-9-18(23)21(11-14)25-22-16-7-4-13(2)10-19(16)24-20-12-15(26-27)6-8-17(20)22/h4-12H,3,23H2,1-2H3,(H,24,25). The molecule has 134 valence electrons. The van der Waals surface area contributed by atoms with Crippen LogP contribution >= 0.6 is 0 Å². The Morgan fingerprint density at radius 1 is 1.00 bits per heavy atom. The number of nitrogens with two attached hydrogens (primary N) is 1. The molecule has 0 aliphatic rings. The number of benzene rings is 3. The molecule has 0 radical (unpaired) electrons. The molecule has 1 aromatic heterocycles. The lowest BCUT2D eigenvalue weighted by molar-refractivity contribution is 1.14. The topological polar surface area (TPSA) is 80.4 Å². The third kappa shape index (κ3) is 3.08. The van der Waals surface area contributed by atoms with Gasteiger partial charge in [-0.1, -0.05) is 25.1 Å². The Labute approximate surface area is 157 Å². The second-order valence-electron chi connectivity index (χ2n) is 6.70. The molecule has 27 heavy (non-hydrogen) atoms. The molecule has 0 amide bonds. The molecule has 4 rings (SSSR count). The monoisotopic (exact) mass is 356 g/mol.